The van der Waals surface area contributed by atoms with Crippen LogP contribution in [0.3, 0.4) is 0 Å². The van der Waals surface area contributed by atoms with Gasteiger partial charge in [0.15, 0.2) is 5.79 Å². The molecule has 34 heavy (non-hydrogen) atoms. The lowest BCUT2D eigenvalue weighted by Gasteiger charge is -2.43. The third-order valence-electron chi connectivity index (χ3n) is 5.49. The molecule has 2 aliphatic rings. The summed E-state index contributed by atoms with van der Waals surface area (Å²) in [6.07, 6.45) is 0.371. The summed E-state index contributed by atoms with van der Waals surface area (Å²) in [4.78, 5) is 39.3. The first-order valence-corrected chi connectivity index (χ1v) is 11.7. The lowest BCUT2D eigenvalue weighted by molar-refractivity contribution is -0.196. The van der Waals surface area contributed by atoms with E-state index >= 15 is 0 Å². The Morgan fingerprint density at radius 2 is 1.76 bits per heavy atom. The molecule has 1 aromatic carbocycles. The van der Waals surface area contributed by atoms with Crippen molar-refractivity contribution in [1.29, 1.82) is 0 Å². The fourth-order valence-corrected chi connectivity index (χ4v) is 4.42. The van der Waals surface area contributed by atoms with Crippen LogP contribution in [0, 0.1) is 0 Å². The molecule has 3 rings (SSSR count). The van der Waals surface area contributed by atoms with E-state index in [4.69, 9.17) is 28.4 Å². The number of hydrogen-bond donors (Lipinski definition) is 0. The second-order valence-corrected chi connectivity index (χ2v) is 9.84. The molecule has 188 valence electrons. The highest BCUT2D eigenvalue weighted by Crippen LogP contribution is 2.37. The van der Waals surface area contributed by atoms with Gasteiger partial charge in [-0.1, -0.05) is 0 Å². The molecule has 2 aliphatic heterocycles. The quantitative estimate of drug-likeness (QED) is 0.406. The second kappa shape index (κ2) is 10.5. The SMILES string of the molecule is COC(=O)c1ccc(Br)c(OC[C@H]2CC3(CCN2C(=O)OC(C)(C)C)OCCO3)c1C(=O)OC. The number of hydrogen-bond acceptors (Lipinski definition) is 9. The van der Waals surface area contributed by atoms with Gasteiger partial charge in [0, 0.05) is 19.4 Å². The highest BCUT2D eigenvalue weighted by Gasteiger charge is 2.47. The number of carbonyl (C=O) groups excluding carboxylic acids is 3. The molecule has 0 bridgehead atoms. The Bertz CT molecular complexity index is 937. The highest BCUT2D eigenvalue weighted by atomic mass is 79.9. The lowest BCUT2D eigenvalue weighted by atomic mass is 9.96. The van der Waals surface area contributed by atoms with E-state index in [2.05, 4.69) is 15.9 Å². The number of esters is 2. The van der Waals surface area contributed by atoms with Crippen LogP contribution in [0.25, 0.3) is 0 Å². The maximum absolute atomic E-state index is 12.9. The van der Waals surface area contributed by atoms with Crippen molar-refractivity contribution in [2.45, 2.75) is 51.0 Å². The Kier molecular flexibility index (Phi) is 8.10. The summed E-state index contributed by atoms with van der Waals surface area (Å²) in [6, 6.07) is 2.53. The van der Waals surface area contributed by atoms with Crippen molar-refractivity contribution in [3.63, 3.8) is 0 Å². The van der Waals surface area contributed by atoms with Crippen molar-refractivity contribution >= 4 is 34.0 Å². The third-order valence-corrected chi connectivity index (χ3v) is 6.11. The van der Waals surface area contributed by atoms with Gasteiger partial charge >= 0.3 is 18.0 Å². The van der Waals surface area contributed by atoms with Crippen LogP contribution in [-0.4, -0.2) is 80.9 Å². The number of likely N-dealkylation sites (tertiary alicyclic amines) is 1. The lowest BCUT2D eigenvalue weighted by Crippen LogP contribution is -2.56. The van der Waals surface area contributed by atoms with Gasteiger partial charge in [-0.05, 0) is 48.8 Å². The summed E-state index contributed by atoms with van der Waals surface area (Å²) in [6.45, 7) is 6.66. The minimum atomic E-state index is -0.803. The molecule has 1 spiro atoms. The van der Waals surface area contributed by atoms with E-state index in [0.717, 1.165) is 0 Å². The van der Waals surface area contributed by atoms with Crippen LogP contribution in [-0.2, 0) is 23.7 Å². The summed E-state index contributed by atoms with van der Waals surface area (Å²) in [5.41, 5.74) is -0.751. The van der Waals surface area contributed by atoms with Crippen LogP contribution in [0.2, 0.25) is 0 Å². The molecule has 0 N–H and O–H groups in total. The van der Waals surface area contributed by atoms with Gasteiger partial charge in [0.2, 0.25) is 0 Å². The van der Waals surface area contributed by atoms with Gasteiger partial charge in [0.1, 0.15) is 23.5 Å². The van der Waals surface area contributed by atoms with E-state index < -0.39 is 35.5 Å². The van der Waals surface area contributed by atoms with E-state index in [-0.39, 0.29) is 23.5 Å². The van der Waals surface area contributed by atoms with E-state index in [9.17, 15) is 14.4 Å². The summed E-state index contributed by atoms with van der Waals surface area (Å²) in [7, 11) is 2.42. The number of nitrogens with zero attached hydrogens (tertiary/aromatic N) is 1. The Morgan fingerprint density at radius 1 is 1.12 bits per heavy atom. The second-order valence-electron chi connectivity index (χ2n) is 8.98. The molecule has 1 amide bonds. The number of halogens is 1. The van der Waals surface area contributed by atoms with Gasteiger partial charge in [-0.25, -0.2) is 14.4 Å². The van der Waals surface area contributed by atoms with Crippen LogP contribution in [0.15, 0.2) is 16.6 Å². The fraction of sp³-hybridized carbons (Fsp3) is 0.609. The molecule has 10 nitrogen and oxygen atoms in total. The van der Waals surface area contributed by atoms with E-state index in [1.165, 1.54) is 20.3 Å². The van der Waals surface area contributed by atoms with E-state index in [1.54, 1.807) is 31.7 Å². The van der Waals surface area contributed by atoms with Crippen LogP contribution in [0.5, 0.6) is 5.75 Å². The Labute approximate surface area is 206 Å². The van der Waals surface area contributed by atoms with Gasteiger partial charge in [0.05, 0.1) is 43.5 Å². The molecule has 2 saturated heterocycles. The number of rotatable bonds is 5. The van der Waals surface area contributed by atoms with Crippen molar-refractivity contribution in [3.8, 4) is 5.75 Å². The van der Waals surface area contributed by atoms with Crippen molar-refractivity contribution < 1.29 is 42.8 Å². The largest absolute Gasteiger partial charge is 0.489 e. The van der Waals surface area contributed by atoms with Gasteiger partial charge < -0.3 is 33.3 Å². The predicted octanol–water partition coefficient (Wildman–Crippen LogP) is 3.54. The summed E-state index contributed by atoms with van der Waals surface area (Å²) in [5.74, 6) is -2.17. The first-order valence-electron chi connectivity index (χ1n) is 10.9. The monoisotopic (exact) mass is 543 g/mol. The maximum atomic E-state index is 12.9. The van der Waals surface area contributed by atoms with Crippen molar-refractivity contribution in [2.75, 3.05) is 40.6 Å². The molecule has 2 heterocycles. The highest BCUT2D eigenvalue weighted by molar-refractivity contribution is 9.10. The molecule has 0 aromatic heterocycles. The van der Waals surface area contributed by atoms with Crippen LogP contribution in [0.4, 0.5) is 4.79 Å². The number of ether oxygens (including phenoxy) is 6. The Balaban J connectivity index is 1.91. The number of piperidine rings is 1. The third kappa shape index (κ3) is 5.81. The van der Waals surface area contributed by atoms with Crippen LogP contribution < -0.4 is 4.74 Å². The van der Waals surface area contributed by atoms with Gasteiger partial charge in [0.25, 0.3) is 0 Å². The minimum absolute atomic E-state index is 0.000813. The molecule has 11 heteroatoms. The molecule has 0 unspecified atom stereocenters. The Hall–Kier alpha value is -2.37. The zero-order chi connectivity index (χ0) is 25.1. The minimum Gasteiger partial charge on any atom is -0.489 e. The van der Waals surface area contributed by atoms with Crippen LogP contribution in [0.1, 0.15) is 54.3 Å². The van der Waals surface area contributed by atoms with Crippen molar-refractivity contribution in [1.82, 2.24) is 4.90 Å². The molecular formula is C23H30BrNO9. The Morgan fingerprint density at radius 3 is 2.35 bits per heavy atom. The standard InChI is InChI=1S/C23H30BrNO9/c1-22(2,3)34-21(28)25-9-8-23(32-10-11-33-23)12-14(25)13-31-18-16(24)7-6-15(19(26)29-4)17(18)20(27)30-5/h6-7,14H,8-13H2,1-5H3/t14-/m1/s1. The molecule has 0 saturated carbocycles. The maximum Gasteiger partial charge on any atom is 0.410 e. The molecule has 0 aliphatic carbocycles. The van der Waals surface area contributed by atoms with Gasteiger partial charge in [-0.3, -0.25) is 0 Å². The van der Waals surface area contributed by atoms with Crippen molar-refractivity contribution in [2.24, 2.45) is 0 Å². The van der Waals surface area contributed by atoms with Crippen LogP contribution >= 0.6 is 15.9 Å². The number of methoxy groups -OCH3 is 2. The van der Waals surface area contributed by atoms with Gasteiger partial charge in [-0.15, -0.1) is 0 Å². The first-order chi connectivity index (χ1) is 16.0. The molecule has 2 fully saturated rings. The molecular weight excluding hydrogens is 514 g/mol. The number of carbonyl (C=O) groups is 3. The summed E-state index contributed by atoms with van der Waals surface area (Å²) < 4.78 is 33.5. The topological polar surface area (TPSA) is 110 Å². The number of amides is 1. The van der Waals surface area contributed by atoms with E-state index in [0.29, 0.717) is 37.1 Å². The van der Waals surface area contributed by atoms with Crippen molar-refractivity contribution in [3.05, 3.63) is 27.7 Å². The fourth-order valence-electron chi connectivity index (χ4n) is 3.98. The van der Waals surface area contributed by atoms with E-state index in [1.807, 2.05) is 0 Å². The summed E-state index contributed by atoms with van der Waals surface area (Å²) >= 11 is 3.38. The molecule has 1 atom stereocenters. The first kappa shape index (κ1) is 26.2. The number of benzene rings is 1. The average molecular weight is 544 g/mol. The zero-order valence-corrected chi connectivity index (χ0v) is 21.6. The molecule has 1 aromatic rings. The average Bonchev–Trinajstić information content (AvgIpc) is 3.23. The molecule has 0 radical (unpaired) electrons. The smallest absolute Gasteiger partial charge is 0.410 e. The summed E-state index contributed by atoms with van der Waals surface area (Å²) in [5, 5.41) is 0. The van der Waals surface area contributed by atoms with Gasteiger partial charge in [-0.2, -0.15) is 0 Å². The predicted molar refractivity (Wildman–Crippen MR) is 123 cm³/mol. The zero-order valence-electron chi connectivity index (χ0n) is 20.0. The normalized spacial score (nSPS) is 19.6.